The zero-order valence-electron chi connectivity index (χ0n) is 8.63. The maximum atomic E-state index is 6.20. The molecular weight excluding hydrogens is 230 g/mol. The van der Waals surface area contributed by atoms with Gasteiger partial charge in [0.2, 0.25) is 0 Å². The number of thioether (sulfide) groups is 1. The van der Waals surface area contributed by atoms with Crippen LogP contribution in [0, 0.1) is 0 Å². The molecular formula is C11H14ClNOS. The molecule has 1 aromatic rings. The van der Waals surface area contributed by atoms with Gasteiger partial charge in [-0.2, -0.15) is 0 Å². The van der Waals surface area contributed by atoms with E-state index in [4.69, 9.17) is 16.3 Å². The number of halogens is 1. The minimum Gasteiger partial charge on any atom is -0.379 e. The molecule has 0 atom stereocenters. The van der Waals surface area contributed by atoms with Gasteiger partial charge in [0.25, 0.3) is 0 Å². The van der Waals surface area contributed by atoms with E-state index in [1.807, 2.05) is 30.9 Å². The highest BCUT2D eigenvalue weighted by molar-refractivity contribution is 8.00. The van der Waals surface area contributed by atoms with E-state index in [1.165, 1.54) is 10.5 Å². The summed E-state index contributed by atoms with van der Waals surface area (Å²) in [7, 11) is 1.95. The van der Waals surface area contributed by atoms with Crippen LogP contribution < -0.4 is 5.32 Å². The average molecular weight is 244 g/mol. The van der Waals surface area contributed by atoms with Crippen molar-refractivity contribution in [3.8, 4) is 0 Å². The Morgan fingerprint density at radius 1 is 1.53 bits per heavy atom. The van der Waals surface area contributed by atoms with Gasteiger partial charge in [0.1, 0.15) is 0 Å². The molecule has 0 bridgehead atoms. The van der Waals surface area contributed by atoms with Gasteiger partial charge in [-0.25, -0.2) is 0 Å². The van der Waals surface area contributed by atoms with Crippen LogP contribution in [-0.2, 0) is 11.3 Å². The molecule has 2 rings (SSSR count). The molecule has 0 amide bonds. The minimum absolute atomic E-state index is 0.570. The summed E-state index contributed by atoms with van der Waals surface area (Å²) in [5.74, 6) is 0. The van der Waals surface area contributed by atoms with Crippen LogP contribution >= 0.6 is 23.4 Å². The summed E-state index contributed by atoms with van der Waals surface area (Å²) in [4.78, 5) is 1.20. The molecule has 1 heterocycles. The fourth-order valence-electron chi connectivity index (χ4n) is 1.46. The summed E-state index contributed by atoms with van der Waals surface area (Å²) < 4.78 is 5.17. The van der Waals surface area contributed by atoms with E-state index in [0.29, 0.717) is 5.25 Å². The number of benzene rings is 1. The summed E-state index contributed by atoms with van der Waals surface area (Å²) in [5.41, 5.74) is 1.27. The Balaban J connectivity index is 2.17. The lowest BCUT2D eigenvalue weighted by molar-refractivity contribution is 0.0455. The lowest BCUT2D eigenvalue weighted by atomic mass is 10.2. The molecule has 0 aromatic heterocycles. The highest BCUT2D eigenvalue weighted by Gasteiger charge is 2.21. The maximum absolute atomic E-state index is 6.20. The van der Waals surface area contributed by atoms with Gasteiger partial charge >= 0.3 is 0 Å². The Hall–Kier alpha value is -0.220. The van der Waals surface area contributed by atoms with E-state index >= 15 is 0 Å². The lowest BCUT2D eigenvalue weighted by Gasteiger charge is -2.26. The SMILES string of the molecule is CNCc1cccc(Cl)c1SC1COC1. The second-order valence-electron chi connectivity index (χ2n) is 3.54. The minimum atomic E-state index is 0.570. The average Bonchev–Trinajstić information content (AvgIpc) is 2.15. The molecule has 15 heavy (non-hydrogen) atoms. The molecule has 82 valence electrons. The van der Waals surface area contributed by atoms with Crippen molar-refractivity contribution in [3.63, 3.8) is 0 Å². The Morgan fingerprint density at radius 2 is 2.33 bits per heavy atom. The Morgan fingerprint density at radius 3 is 2.93 bits per heavy atom. The highest BCUT2D eigenvalue weighted by atomic mass is 35.5. The molecule has 0 saturated carbocycles. The van der Waals surface area contributed by atoms with E-state index in [0.717, 1.165) is 24.8 Å². The summed E-state index contributed by atoms with van der Waals surface area (Å²) in [6.45, 7) is 2.54. The third-order valence-corrected chi connectivity index (χ3v) is 4.06. The van der Waals surface area contributed by atoms with Crippen molar-refractivity contribution in [1.82, 2.24) is 5.32 Å². The van der Waals surface area contributed by atoms with E-state index in [9.17, 15) is 0 Å². The first-order chi connectivity index (χ1) is 7.31. The zero-order chi connectivity index (χ0) is 10.7. The van der Waals surface area contributed by atoms with Crippen molar-refractivity contribution in [2.45, 2.75) is 16.7 Å². The van der Waals surface area contributed by atoms with Crippen LogP contribution in [0.15, 0.2) is 23.1 Å². The third-order valence-electron chi connectivity index (χ3n) is 2.31. The number of hydrogen-bond donors (Lipinski definition) is 1. The third kappa shape index (κ3) is 2.67. The Kier molecular flexibility index (Phi) is 3.92. The first kappa shape index (κ1) is 11.3. The van der Waals surface area contributed by atoms with Gasteiger partial charge in [-0.05, 0) is 18.7 Å². The summed E-state index contributed by atoms with van der Waals surface area (Å²) in [6.07, 6.45) is 0. The standard InChI is InChI=1S/C11H14ClNOS/c1-13-5-8-3-2-4-10(12)11(8)15-9-6-14-7-9/h2-4,9,13H,5-7H2,1H3. The molecule has 1 N–H and O–H groups in total. The summed E-state index contributed by atoms with van der Waals surface area (Å²) in [6, 6.07) is 6.06. The van der Waals surface area contributed by atoms with Crippen LogP contribution in [0.1, 0.15) is 5.56 Å². The zero-order valence-corrected chi connectivity index (χ0v) is 10.2. The maximum Gasteiger partial charge on any atom is 0.0611 e. The monoisotopic (exact) mass is 243 g/mol. The van der Waals surface area contributed by atoms with Gasteiger partial charge in [-0.1, -0.05) is 23.7 Å². The Labute approximate surface area is 99.3 Å². The van der Waals surface area contributed by atoms with Crippen LogP contribution in [-0.4, -0.2) is 25.5 Å². The molecule has 0 spiro atoms. The molecule has 1 saturated heterocycles. The molecule has 4 heteroatoms. The Bertz CT molecular complexity index is 341. The van der Waals surface area contributed by atoms with Gasteiger partial charge in [0, 0.05) is 11.4 Å². The van der Waals surface area contributed by atoms with Gasteiger partial charge in [0.05, 0.1) is 23.5 Å². The molecule has 1 aliphatic rings. The van der Waals surface area contributed by atoms with E-state index in [-0.39, 0.29) is 0 Å². The fourth-order valence-corrected chi connectivity index (χ4v) is 2.93. The smallest absolute Gasteiger partial charge is 0.0611 e. The van der Waals surface area contributed by atoms with Gasteiger partial charge in [-0.3, -0.25) is 0 Å². The van der Waals surface area contributed by atoms with Gasteiger partial charge in [0.15, 0.2) is 0 Å². The molecule has 1 fully saturated rings. The van der Waals surface area contributed by atoms with Crippen molar-refractivity contribution in [2.75, 3.05) is 20.3 Å². The predicted octanol–water partition coefficient (Wildman–Crippen LogP) is 2.55. The van der Waals surface area contributed by atoms with Crippen molar-refractivity contribution in [1.29, 1.82) is 0 Å². The van der Waals surface area contributed by atoms with E-state index in [1.54, 1.807) is 0 Å². The summed E-state index contributed by atoms with van der Waals surface area (Å²) >= 11 is 8.03. The second kappa shape index (κ2) is 5.21. The van der Waals surface area contributed by atoms with Crippen molar-refractivity contribution >= 4 is 23.4 Å². The topological polar surface area (TPSA) is 21.3 Å². The normalized spacial score (nSPS) is 16.4. The second-order valence-corrected chi connectivity index (χ2v) is 5.25. The highest BCUT2D eigenvalue weighted by Crippen LogP contribution is 2.35. The van der Waals surface area contributed by atoms with E-state index < -0.39 is 0 Å². The number of hydrogen-bond acceptors (Lipinski definition) is 3. The molecule has 1 aromatic carbocycles. The lowest BCUT2D eigenvalue weighted by Crippen LogP contribution is -2.30. The van der Waals surface area contributed by atoms with Crippen molar-refractivity contribution in [3.05, 3.63) is 28.8 Å². The summed E-state index contributed by atoms with van der Waals surface area (Å²) in [5, 5.41) is 4.57. The molecule has 0 unspecified atom stereocenters. The van der Waals surface area contributed by atoms with Crippen LogP contribution in [0.4, 0.5) is 0 Å². The van der Waals surface area contributed by atoms with Crippen molar-refractivity contribution < 1.29 is 4.74 Å². The van der Waals surface area contributed by atoms with Gasteiger partial charge in [-0.15, -0.1) is 11.8 Å². The van der Waals surface area contributed by atoms with Crippen LogP contribution in [0.25, 0.3) is 0 Å². The van der Waals surface area contributed by atoms with Crippen molar-refractivity contribution in [2.24, 2.45) is 0 Å². The largest absolute Gasteiger partial charge is 0.379 e. The van der Waals surface area contributed by atoms with Crippen LogP contribution in [0.2, 0.25) is 5.02 Å². The molecule has 0 radical (unpaired) electrons. The van der Waals surface area contributed by atoms with E-state index in [2.05, 4.69) is 11.4 Å². The molecule has 1 aliphatic heterocycles. The predicted molar refractivity (Wildman–Crippen MR) is 64.7 cm³/mol. The van der Waals surface area contributed by atoms with Crippen LogP contribution in [0.3, 0.4) is 0 Å². The van der Waals surface area contributed by atoms with Gasteiger partial charge < -0.3 is 10.1 Å². The first-order valence-corrected chi connectivity index (χ1v) is 6.23. The molecule has 0 aliphatic carbocycles. The number of ether oxygens (including phenoxy) is 1. The quantitative estimate of drug-likeness (QED) is 0.878. The fraction of sp³-hybridized carbons (Fsp3) is 0.455. The number of rotatable bonds is 4. The number of nitrogens with one attached hydrogen (secondary N) is 1. The molecule has 2 nitrogen and oxygen atoms in total. The van der Waals surface area contributed by atoms with Crippen LogP contribution in [0.5, 0.6) is 0 Å². The first-order valence-electron chi connectivity index (χ1n) is 4.97.